The van der Waals surface area contributed by atoms with Crippen molar-refractivity contribution in [3.8, 4) is 11.6 Å². The zero-order valence-electron chi connectivity index (χ0n) is 12.1. The largest absolute Gasteiger partial charge is 0.461 e. The highest BCUT2D eigenvalue weighted by Gasteiger charge is 2.23. The van der Waals surface area contributed by atoms with Crippen molar-refractivity contribution in [1.82, 2.24) is 15.0 Å². The number of rotatable bonds is 4. The standard InChI is InChI=1S/C14H20N4O2.ClH/c1-10(15)11-4-6-18(7-5-11)9-13-16-14(17-20-13)12-3-2-8-19-12;/h2-3,8,10-11H,4-7,9,15H2,1H3;1H. The summed E-state index contributed by atoms with van der Waals surface area (Å²) >= 11 is 0. The summed E-state index contributed by atoms with van der Waals surface area (Å²) in [5, 5.41) is 3.94. The van der Waals surface area contributed by atoms with Gasteiger partial charge in [0.2, 0.25) is 11.7 Å². The quantitative estimate of drug-likeness (QED) is 0.933. The number of furan rings is 1. The van der Waals surface area contributed by atoms with Gasteiger partial charge in [0.05, 0.1) is 12.8 Å². The summed E-state index contributed by atoms with van der Waals surface area (Å²) in [6.07, 6.45) is 3.87. The first-order chi connectivity index (χ1) is 9.72. The van der Waals surface area contributed by atoms with Crippen molar-refractivity contribution >= 4 is 12.4 Å². The molecule has 116 valence electrons. The van der Waals surface area contributed by atoms with Gasteiger partial charge in [0, 0.05) is 6.04 Å². The minimum Gasteiger partial charge on any atom is -0.461 e. The molecule has 1 aliphatic rings. The van der Waals surface area contributed by atoms with E-state index in [0.717, 1.165) is 25.9 Å². The van der Waals surface area contributed by atoms with Gasteiger partial charge in [-0.25, -0.2) is 0 Å². The van der Waals surface area contributed by atoms with E-state index in [1.54, 1.807) is 6.26 Å². The molecule has 2 aromatic heterocycles. The highest BCUT2D eigenvalue weighted by molar-refractivity contribution is 5.85. The van der Waals surface area contributed by atoms with Gasteiger partial charge >= 0.3 is 0 Å². The van der Waals surface area contributed by atoms with Gasteiger partial charge in [-0.2, -0.15) is 4.98 Å². The maximum absolute atomic E-state index is 5.95. The maximum Gasteiger partial charge on any atom is 0.241 e. The third kappa shape index (κ3) is 3.84. The van der Waals surface area contributed by atoms with E-state index in [1.165, 1.54) is 0 Å². The highest BCUT2D eigenvalue weighted by atomic mass is 35.5. The zero-order chi connectivity index (χ0) is 13.9. The number of hydrogen-bond acceptors (Lipinski definition) is 6. The fraction of sp³-hybridized carbons (Fsp3) is 0.571. The molecule has 6 nitrogen and oxygen atoms in total. The molecule has 3 rings (SSSR count). The number of nitrogens with two attached hydrogens (primary N) is 1. The van der Waals surface area contributed by atoms with Gasteiger partial charge in [-0.1, -0.05) is 5.16 Å². The molecular formula is C14H21ClN4O2. The Balaban J connectivity index is 0.00000161. The molecule has 0 aliphatic carbocycles. The van der Waals surface area contributed by atoms with Crippen LogP contribution in [0, 0.1) is 5.92 Å². The number of aromatic nitrogens is 2. The topological polar surface area (TPSA) is 81.3 Å². The lowest BCUT2D eigenvalue weighted by molar-refractivity contribution is 0.150. The minimum atomic E-state index is 0. The van der Waals surface area contributed by atoms with Crippen LogP contribution in [0.25, 0.3) is 11.6 Å². The van der Waals surface area contributed by atoms with Gasteiger partial charge in [0.15, 0.2) is 5.76 Å². The molecule has 0 radical (unpaired) electrons. The number of nitrogens with zero attached hydrogens (tertiary/aromatic N) is 3. The third-order valence-corrected chi connectivity index (χ3v) is 3.94. The molecule has 1 atom stereocenters. The summed E-state index contributed by atoms with van der Waals surface area (Å²) in [7, 11) is 0. The van der Waals surface area contributed by atoms with Crippen LogP contribution in [0.3, 0.4) is 0 Å². The van der Waals surface area contributed by atoms with Crippen molar-refractivity contribution in [3.05, 3.63) is 24.3 Å². The fourth-order valence-corrected chi connectivity index (χ4v) is 2.65. The first kappa shape index (κ1) is 16.0. The lowest BCUT2D eigenvalue weighted by Crippen LogP contribution is -2.39. The Labute approximate surface area is 130 Å². The predicted molar refractivity (Wildman–Crippen MR) is 80.9 cm³/mol. The van der Waals surface area contributed by atoms with Crippen LogP contribution >= 0.6 is 12.4 Å². The lowest BCUT2D eigenvalue weighted by atomic mass is 9.91. The smallest absolute Gasteiger partial charge is 0.241 e. The van der Waals surface area contributed by atoms with Gasteiger partial charge in [-0.05, 0) is 50.9 Å². The fourth-order valence-electron chi connectivity index (χ4n) is 2.65. The molecule has 1 fully saturated rings. The van der Waals surface area contributed by atoms with Crippen molar-refractivity contribution in [3.63, 3.8) is 0 Å². The van der Waals surface area contributed by atoms with Crippen LogP contribution in [0.5, 0.6) is 0 Å². The Kier molecular flexibility index (Phi) is 5.39. The second kappa shape index (κ2) is 7.06. The molecular weight excluding hydrogens is 292 g/mol. The molecule has 0 bridgehead atoms. The van der Waals surface area contributed by atoms with E-state index in [4.69, 9.17) is 14.7 Å². The van der Waals surface area contributed by atoms with Crippen LogP contribution < -0.4 is 5.73 Å². The lowest BCUT2D eigenvalue weighted by Gasteiger charge is -2.32. The average Bonchev–Trinajstić information content (AvgIpc) is 3.09. The summed E-state index contributed by atoms with van der Waals surface area (Å²) in [4.78, 5) is 6.69. The Morgan fingerprint density at radius 3 is 2.81 bits per heavy atom. The van der Waals surface area contributed by atoms with E-state index in [-0.39, 0.29) is 18.4 Å². The maximum atomic E-state index is 5.95. The molecule has 1 aliphatic heterocycles. The van der Waals surface area contributed by atoms with Crippen molar-refractivity contribution < 1.29 is 8.94 Å². The van der Waals surface area contributed by atoms with Gasteiger partial charge in [-0.3, -0.25) is 4.90 Å². The molecule has 1 saturated heterocycles. The molecule has 1 unspecified atom stereocenters. The Morgan fingerprint density at radius 2 is 2.19 bits per heavy atom. The Hall–Kier alpha value is -1.37. The summed E-state index contributed by atoms with van der Waals surface area (Å²) < 4.78 is 10.5. The first-order valence-electron chi connectivity index (χ1n) is 7.07. The summed E-state index contributed by atoms with van der Waals surface area (Å²) in [5.74, 6) is 2.41. The van der Waals surface area contributed by atoms with Crippen LogP contribution in [-0.4, -0.2) is 34.2 Å². The zero-order valence-corrected chi connectivity index (χ0v) is 12.9. The summed E-state index contributed by atoms with van der Waals surface area (Å²) in [6, 6.07) is 3.92. The van der Waals surface area contributed by atoms with E-state index in [0.29, 0.717) is 29.9 Å². The molecule has 2 aromatic rings. The van der Waals surface area contributed by atoms with Crippen LogP contribution in [-0.2, 0) is 6.54 Å². The molecule has 0 saturated carbocycles. The van der Waals surface area contributed by atoms with Crippen LogP contribution in [0.15, 0.2) is 27.3 Å². The van der Waals surface area contributed by atoms with Crippen LogP contribution in [0.2, 0.25) is 0 Å². The molecule has 0 spiro atoms. The summed E-state index contributed by atoms with van der Waals surface area (Å²) in [6.45, 7) is 4.85. The van der Waals surface area contributed by atoms with E-state index < -0.39 is 0 Å². The number of likely N-dealkylation sites (tertiary alicyclic amines) is 1. The van der Waals surface area contributed by atoms with Gasteiger partial charge < -0.3 is 14.7 Å². The second-order valence-electron chi connectivity index (χ2n) is 5.46. The monoisotopic (exact) mass is 312 g/mol. The molecule has 7 heteroatoms. The van der Waals surface area contributed by atoms with E-state index in [2.05, 4.69) is 22.0 Å². The van der Waals surface area contributed by atoms with Crippen LogP contribution in [0.4, 0.5) is 0 Å². The first-order valence-corrected chi connectivity index (χ1v) is 7.07. The predicted octanol–water partition coefficient (Wildman–Crippen LogP) is 2.31. The molecule has 0 aromatic carbocycles. The van der Waals surface area contributed by atoms with Crippen molar-refractivity contribution in [2.24, 2.45) is 11.7 Å². The molecule has 0 amide bonds. The molecule has 3 heterocycles. The summed E-state index contributed by atoms with van der Waals surface area (Å²) in [5.41, 5.74) is 5.95. The van der Waals surface area contributed by atoms with Gasteiger partial charge in [0.1, 0.15) is 0 Å². The van der Waals surface area contributed by atoms with E-state index in [1.807, 2.05) is 12.1 Å². The Morgan fingerprint density at radius 1 is 1.43 bits per heavy atom. The van der Waals surface area contributed by atoms with Crippen LogP contribution in [0.1, 0.15) is 25.7 Å². The Bertz CT molecular complexity index is 533. The minimum absolute atomic E-state index is 0. The molecule has 2 N–H and O–H groups in total. The van der Waals surface area contributed by atoms with E-state index >= 15 is 0 Å². The van der Waals surface area contributed by atoms with Gasteiger partial charge in [0.25, 0.3) is 0 Å². The second-order valence-corrected chi connectivity index (χ2v) is 5.46. The average molecular weight is 313 g/mol. The van der Waals surface area contributed by atoms with Crippen molar-refractivity contribution in [1.29, 1.82) is 0 Å². The SMILES string of the molecule is CC(N)C1CCN(Cc2nc(-c3ccco3)no2)CC1.Cl. The number of hydrogen-bond donors (Lipinski definition) is 1. The van der Waals surface area contributed by atoms with Gasteiger partial charge in [-0.15, -0.1) is 12.4 Å². The number of halogens is 1. The van der Waals surface area contributed by atoms with Crippen molar-refractivity contribution in [2.75, 3.05) is 13.1 Å². The third-order valence-electron chi connectivity index (χ3n) is 3.94. The van der Waals surface area contributed by atoms with E-state index in [9.17, 15) is 0 Å². The molecule has 21 heavy (non-hydrogen) atoms. The highest BCUT2D eigenvalue weighted by Crippen LogP contribution is 2.21. The normalized spacial score (nSPS) is 18.4. The number of piperidine rings is 1. The van der Waals surface area contributed by atoms with Crippen molar-refractivity contribution in [2.45, 2.75) is 32.4 Å².